The maximum Gasteiger partial charge on any atom is 0.508 e. The Labute approximate surface area is 192 Å². The highest BCUT2D eigenvalue weighted by molar-refractivity contribution is 6.67. The standard InChI is InChI=1S/C21H27Cl3O6/c1-14(10-28-11-16-8-6-5-7-9-16)17(15(2)18(26)20(3,4)12-25)30-19(27)29-13-21(22,23)24/h5-9,12,14-15,17H,10-11,13H2,1-4H3/t14-,15+,17-/m0/s1. The number of ether oxygens (including phenoxy) is 3. The summed E-state index contributed by atoms with van der Waals surface area (Å²) in [5, 5.41) is 0. The molecule has 6 nitrogen and oxygen atoms in total. The van der Waals surface area contributed by atoms with Gasteiger partial charge in [-0.05, 0) is 19.4 Å². The van der Waals surface area contributed by atoms with E-state index in [-0.39, 0.29) is 18.3 Å². The summed E-state index contributed by atoms with van der Waals surface area (Å²) in [7, 11) is 0. The monoisotopic (exact) mass is 480 g/mol. The molecule has 1 aromatic carbocycles. The van der Waals surface area contributed by atoms with Gasteiger partial charge in [-0.15, -0.1) is 0 Å². The number of aldehydes is 1. The first kappa shape index (κ1) is 26.7. The quantitative estimate of drug-likeness (QED) is 0.188. The van der Waals surface area contributed by atoms with E-state index >= 15 is 0 Å². The number of Topliss-reactive ketones (excluding diaryl/α,β-unsaturated/α-hetero) is 1. The lowest BCUT2D eigenvalue weighted by Crippen LogP contribution is -2.43. The van der Waals surface area contributed by atoms with Gasteiger partial charge in [-0.2, -0.15) is 0 Å². The van der Waals surface area contributed by atoms with Crippen LogP contribution in [0.4, 0.5) is 4.79 Å². The molecule has 0 aliphatic carbocycles. The number of rotatable bonds is 11. The van der Waals surface area contributed by atoms with Gasteiger partial charge in [-0.1, -0.05) is 79.0 Å². The number of benzene rings is 1. The van der Waals surface area contributed by atoms with E-state index in [0.717, 1.165) is 5.56 Å². The Bertz CT molecular complexity index is 702. The number of halogens is 3. The third-order valence-corrected chi connectivity index (χ3v) is 4.80. The summed E-state index contributed by atoms with van der Waals surface area (Å²) in [5.74, 6) is -1.54. The molecule has 0 spiro atoms. The highest BCUT2D eigenvalue weighted by Gasteiger charge is 2.39. The molecule has 0 fully saturated rings. The summed E-state index contributed by atoms with van der Waals surface area (Å²) in [6, 6.07) is 9.55. The first-order valence-electron chi connectivity index (χ1n) is 9.40. The molecule has 1 aromatic rings. The molecular formula is C21H27Cl3O6. The van der Waals surface area contributed by atoms with E-state index in [1.807, 2.05) is 30.3 Å². The molecule has 0 unspecified atom stereocenters. The van der Waals surface area contributed by atoms with Crippen LogP contribution in [-0.2, 0) is 30.4 Å². The summed E-state index contributed by atoms with van der Waals surface area (Å²) in [4.78, 5) is 36.2. The zero-order valence-corrected chi connectivity index (χ0v) is 19.7. The van der Waals surface area contributed by atoms with Crippen LogP contribution in [0.2, 0.25) is 0 Å². The van der Waals surface area contributed by atoms with Crippen LogP contribution in [-0.4, -0.2) is 41.3 Å². The second-order valence-electron chi connectivity index (χ2n) is 7.71. The molecule has 1 rings (SSSR count). The SMILES string of the molecule is C[C@@H](COCc1ccccc1)[C@H](OC(=O)OCC(Cl)(Cl)Cl)[C@@H](C)C(=O)C(C)(C)C=O. The molecular weight excluding hydrogens is 455 g/mol. The largest absolute Gasteiger partial charge is 0.508 e. The number of ketones is 1. The van der Waals surface area contributed by atoms with Crippen LogP contribution in [0.1, 0.15) is 33.3 Å². The van der Waals surface area contributed by atoms with Crippen LogP contribution >= 0.6 is 34.8 Å². The zero-order chi connectivity index (χ0) is 22.9. The Morgan fingerprint density at radius 2 is 1.70 bits per heavy atom. The minimum atomic E-state index is -1.79. The van der Waals surface area contributed by atoms with Gasteiger partial charge in [0.15, 0.2) is 5.78 Å². The molecule has 0 aliphatic rings. The molecule has 0 N–H and O–H groups in total. The molecule has 168 valence electrons. The summed E-state index contributed by atoms with van der Waals surface area (Å²) in [5.41, 5.74) is -0.247. The fraction of sp³-hybridized carbons (Fsp3) is 0.571. The maximum atomic E-state index is 12.8. The van der Waals surface area contributed by atoms with Crippen molar-refractivity contribution in [3.63, 3.8) is 0 Å². The molecule has 30 heavy (non-hydrogen) atoms. The Hall–Kier alpha value is -1.34. The minimum absolute atomic E-state index is 0.205. The molecule has 9 heteroatoms. The van der Waals surface area contributed by atoms with Gasteiger partial charge < -0.3 is 19.0 Å². The number of hydrogen-bond acceptors (Lipinski definition) is 6. The molecule has 0 aliphatic heterocycles. The van der Waals surface area contributed by atoms with Crippen molar-refractivity contribution >= 4 is 53.0 Å². The fourth-order valence-electron chi connectivity index (χ4n) is 2.82. The van der Waals surface area contributed by atoms with E-state index in [1.54, 1.807) is 13.8 Å². The number of carbonyl (C=O) groups is 3. The topological polar surface area (TPSA) is 78.9 Å². The van der Waals surface area contributed by atoms with E-state index in [2.05, 4.69) is 0 Å². The lowest BCUT2D eigenvalue weighted by molar-refractivity contribution is -0.140. The van der Waals surface area contributed by atoms with Crippen molar-refractivity contribution in [2.75, 3.05) is 13.2 Å². The number of alkyl halides is 3. The van der Waals surface area contributed by atoms with Crippen molar-refractivity contribution in [3.8, 4) is 0 Å². The second kappa shape index (κ2) is 11.9. The lowest BCUT2D eigenvalue weighted by atomic mass is 9.78. The zero-order valence-electron chi connectivity index (χ0n) is 17.4. The number of carbonyl (C=O) groups excluding carboxylic acids is 3. The van der Waals surface area contributed by atoms with Crippen molar-refractivity contribution in [2.24, 2.45) is 17.3 Å². The third kappa shape index (κ3) is 9.21. The molecule has 3 atom stereocenters. The van der Waals surface area contributed by atoms with Gasteiger partial charge in [-0.3, -0.25) is 4.79 Å². The maximum absolute atomic E-state index is 12.8. The van der Waals surface area contributed by atoms with E-state index in [4.69, 9.17) is 49.0 Å². The molecule has 0 aromatic heterocycles. The Kier molecular flexibility index (Phi) is 10.6. The Morgan fingerprint density at radius 1 is 1.10 bits per heavy atom. The summed E-state index contributed by atoms with van der Waals surface area (Å²) in [6.07, 6.45) is -1.42. The van der Waals surface area contributed by atoms with Gasteiger partial charge in [0.05, 0.1) is 24.5 Å². The molecule has 0 radical (unpaired) electrons. The summed E-state index contributed by atoms with van der Waals surface area (Å²) >= 11 is 16.7. The first-order valence-corrected chi connectivity index (χ1v) is 10.5. The van der Waals surface area contributed by atoms with Crippen LogP contribution in [0.15, 0.2) is 30.3 Å². The van der Waals surface area contributed by atoms with Gasteiger partial charge in [0, 0.05) is 5.92 Å². The second-order valence-corrected chi connectivity index (χ2v) is 10.2. The van der Waals surface area contributed by atoms with Gasteiger partial charge in [0.1, 0.15) is 19.0 Å². The molecule has 0 amide bonds. The normalized spacial score (nSPS) is 15.0. The predicted molar refractivity (Wildman–Crippen MR) is 116 cm³/mol. The number of hydrogen-bond donors (Lipinski definition) is 0. The third-order valence-electron chi connectivity index (χ3n) is 4.48. The average molecular weight is 482 g/mol. The van der Waals surface area contributed by atoms with E-state index in [9.17, 15) is 14.4 Å². The summed E-state index contributed by atoms with van der Waals surface area (Å²) in [6.45, 7) is 6.43. The predicted octanol–water partition coefficient (Wildman–Crippen LogP) is 5.16. The van der Waals surface area contributed by atoms with Crippen LogP contribution < -0.4 is 0 Å². The van der Waals surface area contributed by atoms with Crippen LogP contribution in [0, 0.1) is 17.3 Å². The van der Waals surface area contributed by atoms with Crippen molar-refractivity contribution in [1.29, 1.82) is 0 Å². The Morgan fingerprint density at radius 3 is 2.23 bits per heavy atom. The first-order chi connectivity index (χ1) is 13.9. The van der Waals surface area contributed by atoms with Crippen LogP contribution in [0.3, 0.4) is 0 Å². The van der Waals surface area contributed by atoms with Gasteiger partial charge in [-0.25, -0.2) is 4.79 Å². The minimum Gasteiger partial charge on any atom is -0.430 e. The van der Waals surface area contributed by atoms with E-state index < -0.39 is 34.0 Å². The Balaban J connectivity index is 2.85. The van der Waals surface area contributed by atoms with Crippen LogP contribution in [0.25, 0.3) is 0 Å². The molecule has 0 saturated heterocycles. The van der Waals surface area contributed by atoms with E-state index in [1.165, 1.54) is 13.8 Å². The van der Waals surface area contributed by atoms with Crippen LogP contribution in [0.5, 0.6) is 0 Å². The van der Waals surface area contributed by atoms with Gasteiger partial charge in [0.25, 0.3) is 0 Å². The highest BCUT2D eigenvalue weighted by Crippen LogP contribution is 2.28. The molecule has 0 saturated carbocycles. The average Bonchev–Trinajstić information content (AvgIpc) is 2.69. The molecule has 0 heterocycles. The summed E-state index contributed by atoms with van der Waals surface area (Å²) < 4.78 is 14.1. The van der Waals surface area contributed by atoms with Crippen molar-refractivity contribution < 1.29 is 28.6 Å². The van der Waals surface area contributed by atoms with Crippen molar-refractivity contribution in [3.05, 3.63) is 35.9 Å². The van der Waals surface area contributed by atoms with Gasteiger partial charge in [0.2, 0.25) is 3.79 Å². The van der Waals surface area contributed by atoms with Crippen molar-refractivity contribution in [1.82, 2.24) is 0 Å². The lowest BCUT2D eigenvalue weighted by Gasteiger charge is -2.31. The smallest absolute Gasteiger partial charge is 0.430 e. The highest BCUT2D eigenvalue weighted by atomic mass is 35.6. The van der Waals surface area contributed by atoms with Gasteiger partial charge >= 0.3 is 6.16 Å². The van der Waals surface area contributed by atoms with Crippen molar-refractivity contribution in [2.45, 2.75) is 44.2 Å². The van der Waals surface area contributed by atoms with E-state index in [0.29, 0.717) is 12.9 Å². The fourth-order valence-corrected chi connectivity index (χ4v) is 2.99. The molecule has 0 bridgehead atoms.